The standard InChI is InChI=1S/C19H23NO2/c1-14-12-16(20-18(21)19(2,3)4)10-11-17(14)22-13-15-8-6-5-7-9-15/h5-12H,13H2,1-4H3,(H,20,21). The van der Waals surface area contributed by atoms with E-state index in [4.69, 9.17) is 4.74 Å². The maximum Gasteiger partial charge on any atom is 0.229 e. The molecule has 0 saturated heterocycles. The third-order valence-corrected chi connectivity index (χ3v) is 3.35. The molecule has 0 bridgehead atoms. The highest BCUT2D eigenvalue weighted by atomic mass is 16.5. The van der Waals surface area contributed by atoms with Gasteiger partial charge in [-0.1, -0.05) is 51.1 Å². The third kappa shape index (κ3) is 4.35. The molecular formula is C19H23NO2. The molecule has 0 heterocycles. The monoisotopic (exact) mass is 297 g/mol. The van der Waals surface area contributed by atoms with Crippen LogP contribution in [0.3, 0.4) is 0 Å². The van der Waals surface area contributed by atoms with Gasteiger partial charge >= 0.3 is 0 Å². The lowest BCUT2D eigenvalue weighted by molar-refractivity contribution is -0.123. The number of nitrogens with one attached hydrogen (secondary N) is 1. The first-order chi connectivity index (χ1) is 10.4. The summed E-state index contributed by atoms with van der Waals surface area (Å²) in [5, 5.41) is 2.93. The number of benzene rings is 2. The van der Waals surface area contributed by atoms with E-state index in [1.54, 1.807) is 0 Å². The summed E-state index contributed by atoms with van der Waals surface area (Å²) < 4.78 is 5.84. The minimum atomic E-state index is -0.406. The van der Waals surface area contributed by atoms with Crippen LogP contribution in [0.15, 0.2) is 48.5 Å². The molecule has 0 saturated carbocycles. The average Bonchev–Trinajstić information content (AvgIpc) is 2.46. The van der Waals surface area contributed by atoms with Crippen LogP contribution in [0, 0.1) is 12.3 Å². The molecule has 0 aliphatic heterocycles. The topological polar surface area (TPSA) is 38.3 Å². The molecule has 0 radical (unpaired) electrons. The lowest BCUT2D eigenvalue weighted by Gasteiger charge is -2.18. The predicted molar refractivity (Wildman–Crippen MR) is 90.0 cm³/mol. The van der Waals surface area contributed by atoms with E-state index < -0.39 is 5.41 Å². The lowest BCUT2D eigenvalue weighted by Crippen LogP contribution is -2.27. The van der Waals surface area contributed by atoms with Crippen molar-refractivity contribution in [2.45, 2.75) is 34.3 Å². The fraction of sp³-hybridized carbons (Fsp3) is 0.316. The van der Waals surface area contributed by atoms with Crippen LogP contribution in [-0.2, 0) is 11.4 Å². The Balaban J connectivity index is 2.02. The fourth-order valence-corrected chi connectivity index (χ4v) is 1.94. The minimum absolute atomic E-state index is 0.00449. The van der Waals surface area contributed by atoms with Crippen molar-refractivity contribution in [1.29, 1.82) is 0 Å². The van der Waals surface area contributed by atoms with Gasteiger partial charge in [0.1, 0.15) is 12.4 Å². The minimum Gasteiger partial charge on any atom is -0.489 e. The van der Waals surface area contributed by atoms with Crippen molar-refractivity contribution in [1.82, 2.24) is 0 Å². The summed E-state index contributed by atoms with van der Waals surface area (Å²) >= 11 is 0. The summed E-state index contributed by atoms with van der Waals surface area (Å²) in [6, 6.07) is 15.8. The normalized spacial score (nSPS) is 11.1. The van der Waals surface area contributed by atoms with Gasteiger partial charge in [0.25, 0.3) is 0 Å². The highest BCUT2D eigenvalue weighted by molar-refractivity contribution is 5.94. The Kier molecular flexibility index (Phi) is 4.86. The van der Waals surface area contributed by atoms with Gasteiger partial charge in [-0.25, -0.2) is 0 Å². The van der Waals surface area contributed by atoms with E-state index >= 15 is 0 Å². The van der Waals surface area contributed by atoms with Crippen molar-refractivity contribution in [3.8, 4) is 5.75 Å². The molecule has 3 nitrogen and oxygen atoms in total. The van der Waals surface area contributed by atoms with Crippen molar-refractivity contribution < 1.29 is 9.53 Å². The van der Waals surface area contributed by atoms with Gasteiger partial charge < -0.3 is 10.1 Å². The van der Waals surface area contributed by atoms with Crippen molar-refractivity contribution in [3.63, 3.8) is 0 Å². The van der Waals surface area contributed by atoms with E-state index in [0.29, 0.717) is 6.61 Å². The number of carbonyl (C=O) groups excluding carboxylic acids is 1. The molecule has 2 aromatic rings. The summed E-state index contributed by atoms with van der Waals surface area (Å²) in [7, 11) is 0. The third-order valence-electron chi connectivity index (χ3n) is 3.35. The summed E-state index contributed by atoms with van der Waals surface area (Å²) in [5.74, 6) is 0.836. The number of ether oxygens (including phenoxy) is 1. The molecule has 0 spiro atoms. The molecule has 3 heteroatoms. The van der Waals surface area contributed by atoms with E-state index in [2.05, 4.69) is 5.32 Å². The number of rotatable bonds is 4. The van der Waals surface area contributed by atoms with Gasteiger partial charge in [0.15, 0.2) is 0 Å². The molecule has 0 fully saturated rings. The Morgan fingerprint density at radius 1 is 1.09 bits per heavy atom. The van der Waals surface area contributed by atoms with Gasteiger partial charge in [-0.05, 0) is 36.2 Å². The van der Waals surface area contributed by atoms with Gasteiger partial charge in [-0.3, -0.25) is 4.79 Å². The van der Waals surface area contributed by atoms with E-state index in [1.165, 1.54) is 0 Å². The van der Waals surface area contributed by atoms with Crippen LogP contribution in [0.4, 0.5) is 5.69 Å². The Morgan fingerprint density at radius 3 is 2.36 bits per heavy atom. The molecular weight excluding hydrogens is 274 g/mol. The summed E-state index contributed by atoms with van der Waals surface area (Å²) in [4.78, 5) is 12.0. The lowest BCUT2D eigenvalue weighted by atomic mass is 9.95. The number of amides is 1. The van der Waals surface area contributed by atoms with Crippen LogP contribution in [0.1, 0.15) is 31.9 Å². The second-order valence-corrected chi connectivity index (χ2v) is 6.46. The molecule has 0 atom stereocenters. The molecule has 0 aromatic heterocycles. The highest BCUT2D eigenvalue weighted by Gasteiger charge is 2.21. The highest BCUT2D eigenvalue weighted by Crippen LogP contribution is 2.24. The van der Waals surface area contributed by atoms with Crippen molar-refractivity contribution in [2.75, 3.05) is 5.32 Å². The molecule has 22 heavy (non-hydrogen) atoms. The SMILES string of the molecule is Cc1cc(NC(=O)C(C)(C)C)ccc1OCc1ccccc1. The van der Waals surface area contributed by atoms with Gasteiger partial charge in [0.05, 0.1) is 0 Å². The first kappa shape index (κ1) is 16.1. The smallest absolute Gasteiger partial charge is 0.229 e. The fourth-order valence-electron chi connectivity index (χ4n) is 1.94. The van der Waals surface area contributed by atoms with Crippen molar-refractivity contribution >= 4 is 11.6 Å². The zero-order valence-corrected chi connectivity index (χ0v) is 13.6. The number of carbonyl (C=O) groups is 1. The molecule has 0 aliphatic carbocycles. The average molecular weight is 297 g/mol. The molecule has 2 rings (SSSR count). The van der Waals surface area contributed by atoms with Crippen LogP contribution < -0.4 is 10.1 Å². The summed E-state index contributed by atoms with van der Waals surface area (Å²) in [6.07, 6.45) is 0. The van der Waals surface area contributed by atoms with Gasteiger partial charge in [0, 0.05) is 11.1 Å². The van der Waals surface area contributed by atoms with E-state index in [-0.39, 0.29) is 5.91 Å². The molecule has 2 aromatic carbocycles. The Hall–Kier alpha value is -2.29. The van der Waals surface area contributed by atoms with Crippen molar-refractivity contribution in [3.05, 3.63) is 59.7 Å². The Labute approximate surface area is 132 Å². The first-order valence-electron chi connectivity index (χ1n) is 7.45. The summed E-state index contributed by atoms with van der Waals surface area (Å²) in [6.45, 7) is 8.20. The van der Waals surface area contributed by atoms with Crippen LogP contribution in [0.5, 0.6) is 5.75 Å². The van der Waals surface area contributed by atoms with E-state index in [9.17, 15) is 4.79 Å². The molecule has 116 valence electrons. The van der Waals surface area contributed by atoms with Crippen LogP contribution >= 0.6 is 0 Å². The van der Waals surface area contributed by atoms with Crippen LogP contribution in [0.25, 0.3) is 0 Å². The largest absolute Gasteiger partial charge is 0.489 e. The second-order valence-electron chi connectivity index (χ2n) is 6.46. The molecule has 0 aliphatic rings. The van der Waals surface area contributed by atoms with Crippen LogP contribution in [0.2, 0.25) is 0 Å². The quantitative estimate of drug-likeness (QED) is 0.898. The second kappa shape index (κ2) is 6.65. The maximum atomic E-state index is 12.0. The van der Waals surface area contributed by atoms with E-state index in [0.717, 1.165) is 22.6 Å². The molecule has 1 N–H and O–H groups in total. The molecule has 1 amide bonds. The zero-order valence-electron chi connectivity index (χ0n) is 13.6. The number of anilines is 1. The summed E-state index contributed by atoms with van der Waals surface area (Å²) in [5.41, 5.74) is 2.52. The predicted octanol–water partition coefficient (Wildman–Crippen LogP) is 4.56. The first-order valence-corrected chi connectivity index (χ1v) is 7.45. The number of hydrogen-bond acceptors (Lipinski definition) is 2. The van der Waals surface area contributed by atoms with Gasteiger partial charge in [-0.2, -0.15) is 0 Å². The Morgan fingerprint density at radius 2 is 1.77 bits per heavy atom. The van der Waals surface area contributed by atoms with Crippen molar-refractivity contribution in [2.24, 2.45) is 5.41 Å². The van der Waals surface area contributed by atoms with Gasteiger partial charge in [0.2, 0.25) is 5.91 Å². The Bertz CT molecular complexity index is 642. The maximum absolute atomic E-state index is 12.0. The van der Waals surface area contributed by atoms with E-state index in [1.807, 2.05) is 76.2 Å². The van der Waals surface area contributed by atoms with Crippen LogP contribution in [-0.4, -0.2) is 5.91 Å². The molecule has 0 unspecified atom stereocenters. The number of aryl methyl sites for hydroxylation is 1. The number of hydrogen-bond donors (Lipinski definition) is 1. The van der Waals surface area contributed by atoms with Gasteiger partial charge in [-0.15, -0.1) is 0 Å². The zero-order chi connectivity index (χ0) is 16.2.